The number of hydrogen-bond donors (Lipinski definition) is 0. The zero-order valence-electron chi connectivity index (χ0n) is 17.8. The molecule has 0 unspecified atom stereocenters. The van der Waals surface area contributed by atoms with Crippen molar-refractivity contribution < 1.29 is 8.96 Å². The minimum absolute atomic E-state index is 0.0126. The van der Waals surface area contributed by atoms with Gasteiger partial charge in [0.05, 0.1) is 21.3 Å². The Balaban J connectivity index is 1.59. The highest BCUT2D eigenvalue weighted by molar-refractivity contribution is 8.03. The lowest BCUT2D eigenvalue weighted by Crippen LogP contribution is -2.32. The molecule has 0 spiro atoms. The molecule has 32 heavy (non-hydrogen) atoms. The van der Waals surface area contributed by atoms with Gasteiger partial charge >= 0.3 is 0 Å². The monoisotopic (exact) mass is 482 g/mol. The van der Waals surface area contributed by atoms with E-state index in [2.05, 4.69) is 17.0 Å². The molecular formula is C24H21FN3OS3+. The van der Waals surface area contributed by atoms with Crippen molar-refractivity contribution in [2.24, 2.45) is 7.05 Å². The van der Waals surface area contributed by atoms with Crippen molar-refractivity contribution >= 4 is 62.5 Å². The first-order valence-corrected chi connectivity index (χ1v) is 12.6. The smallest absolute Gasteiger partial charge is 0.269 e. The maximum Gasteiger partial charge on any atom is 0.269 e. The minimum Gasteiger partial charge on any atom is -0.338 e. The van der Waals surface area contributed by atoms with Crippen LogP contribution in [0.15, 0.2) is 63.3 Å². The third-order valence-electron chi connectivity index (χ3n) is 5.48. The van der Waals surface area contributed by atoms with Crippen molar-refractivity contribution in [2.75, 3.05) is 11.9 Å². The van der Waals surface area contributed by atoms with E-state index in [1.54, 1.807) is 28.5 Å². The first kappa shape index (κ1) is 21.2. The van der Waals surface area contributed by atoms with Gasteiger partial charge in [0.15, 0.2) is 0 Å². The van der Waals surface area contributed by atoms with E-state index in [0.29, 0.717) is 11.1 Å². The quantitative estimate of drug-likeness (QED) is 0.416. The Labute approximate surface area is 196 Å². The number of thioether (sulfide) groups is 1. The van der Waals surface area contributed by atoms with Crippen molar-refractivity contribution in [3.05, 3.63) is 83.9 Å². The first-order valence-electron chi connectivity index (χ1n) is 10.2. The van der Waals surface area contributed by atoms with Crippen molar-refractivity contribution in [3.8, 4) is 0 Å². The number of rotatable bonds is 3. The molecule has 4 aromatic rings. The van der Waals surface area contributed by atoms with Gasteiger partial charge in [-0.15, -0.1) is 11.3 Å². The summed E-state index contributed by atoms with van der Waals surface area (Å²) in [7, 11) is 4.01. The Bertz CT molecular complexity index is 1560. The SMILES string of the molecule is CCn1c(=O)/c(=C/C=C2\Sc3ccccc3N2C)s/c1=C\c1sc2cc(F)ccc2[n+]1C. The summed E-state index contributed by atoms with van der Waals surface area (Å²) in [5, 5.41) is 2.06. The second-order valence-electron chi connectivity index (χ2n) is 7.41. The van der Waals surface area contributed by atoms with Gasteiger partial charge < -0.3 is 4.90 Å². The number of hydrogen-bond acceptors (Lipinski definition) is 5. The van der Waals surface area contributed by atoms with Gasteiger partial charge in [0.25, 0.3) is 10.6 Å². The molecule has 0 saturated heterocycles. The molecule has 0 radical (unpaired) electrons. The normalized spacial score (nSPS) is 16.0. The predicted octanol–water partition coefficient (Wildman–Crippen LogP) is 3.80. The van der Waals surface area contributed by atoms with Crippen molar-refractivity contribution in [1.82, 2.24) is 4.57 Å². The van der Waals surface area contributed by atoms with Gasteiger partial charge in [-0.3, -0.25) is 9.36 Å². The van der Waals surface area contributed by atoms with Crippen LogP contribution in [-0.2, 0) is 13.6 Å². The van der Waals surface area contributed by atoms with Crippen LogP contribution in [0.25, 0.3) is 22.4 Å². The number of aromatic nitrogens is 2. The Morgan fingerprint density at radius 2 is 1.94 bits per heavy atom. The fourth-order valence-corrected chi connectivity index (χ4v) is 7.04. The highest BCUT2D eigenvalue weighted by atomic mass is 32.2. The Kier molecular flexibility index (Phi) is 5.53. The Hall–Kier alpha value is -2.68. The van der Waals surface area contributed by atoms with E-state index < -0.39 is 0 Å². The molecule has 0 amide bonds. The van der Waals surface area contributed by atoms with E-state index in [1.807, 2.05) is 55.9 Å². The number of benzene rings is 2. The lowest BCUT2D eigenvalue weighted by molar-refractivity contribution is -0.642. The molecule has 5 rings (SSSR count). The number of thiazole rings is 2. The average Bonchev–Trinajstić information content (AvgIpc) is 3.38. The summed E-state index contributed by atoms with van der Waals surface area (Å²) in [5.41, 5.74) is 2.16. The van der Waals surface area contributed by atoms with E-state index in [1.165, 1.54) is 39.3 Å². The lowest BCUT2D eigenvalue weighted by Gasteiger charge is -2.12. The van der Waals surface area contributed by atoms with E-state index in [9.17, 15) is 9.18 Å². The molecule has 0 saturated carbocycles. The Morgan fingerprint density at radius 1 is 1.12 bits per heavy atom. The van der Waals surface area contributed by atoms with Gasteiger partial charge in [0, 0.05) is 24.6 Å². The Morgan fingerprint density at radius 3 is 2.72 bits per heavy atom. The number of anilines is 1. The largest absolute Gasteiger partial charge is 0.338 e. The molecule has 0 fully saturated rings. The number of para-hydroxylation sites is 1. The predicted molar refractivity (Wildman–Crippen MR) is 133 cm³/mol. The first-order chi connectivity index (χ1) is 15.5. The summed E-state index contributed by atoms with van der Waals surface area (Å²) in [6, 6.07) is 13.1. The molecule has 2 aromatic heterocycles. The molecular weight excluding hydrogens is 461 g/mol. The molecule has 1 aliphatic heterocycles. The fraction of sp³-hybridized carbons (Fsp3) is 0.167. The van der Waals surface area contributed by atoms with Gasteiger partial charge in [-0.2, -0.15) is 4.57 Å². The number of allylic oxidation sites excluding steroid dienone is 1. The van der Waals surface area contributed by atoms with E-state index >= 15 is 0 Å². The summed E-state index contributed by atoms with van der Waals surface area (Å²) in [6.45, 7) is 2.57. The molecule has 2 aromatic carbocycles. The van der Waals surface area contributed by atoms with Gasteiger partial charge in [0.2, 0.25) is 5.52 Å². The highest BCUT2D eigenvalue weighted by Crippen LogP contribution is 2.44. The maximum atomic E-state index is 13.6. The van der Waals surface area contributed by atoms with Crippen molar-refractivity contribution in [3.63, 3.8) is 0 Å². The zero-order chi connectivity index (χ0) is 22.4. The molecule has 162 valence electrons. The van der Waals surface area contributed by atoms with Crippen LogP contribution < -0.4 is 24.2 Å². The topological polar surface area (TPSA) is 29.1 Å². The third-order valence-corrected chi connectivity index (χ3v) is 8.89. The van der Waals surface area contributed by atoms with Gasteiger partial charge in [-0.25, -0.2) is 4.39 Å². The van der Waals surface area contributed by atoms with Crippen LogP contribution in [-0.4, -0.2) is 11.6 Å². The van der Waals surface area contributed by atoms with Crippen LogP contribution >= 0.6 is 34.4 Å². The molecule has 0 N–H and O–H groups in total. The van der Waals surface area contributed by atoms with Crippen LogP contribution in [0.5, 0.6) is 0 Å². The van der Waals surface area contributed by atoms with Gasteiger partial charge in [-0.05, 0) is 43.3 Å². The van der Waals surface area contributed by atoms with Crippen LogP contribution in [0.3, 0.4) is 0 Å². The molecule has 1 aliphatic rings. The van der Waals surface area contributed by atoms with Gasteiger partial charge in [0.1, 0.15) is 22.2 Å². The van der Waals surface area contributed by atoms with Crippen molar-refractivity contribution in [2.45, 2.75) is 18.4 Å². The second kappa shape index (κ2) is 8.35. The van der Waals surface area contributed by atoms with Crippen molar-refractivity contribution in [1.29, 1.82) is 0 Å². The van der Waals surface area contributed by atoms with Crippen LogP contribution in [0.2, 0.25) is 0 Å². The van der Waals surface area contributed by atoms with E-state index in [0.717, 1.165) is 24.9 Å². The molecule has 0 bridgehead atoms. The number of fused-ring (bicyclic) bond motifs is 2. The van der Waals surface area contributed by atoms with Crippen LogP contribution in [0.1, 0.15) is 11.9 Å². The van der Waals surface area contributed by atoms with E-state index in [-0.39, 0.29) is 11.4 Å². The number of aryl methyl sites for hydroxylation is 1. The van der Waals surface area contributed by atoms with E-state index in [4.69, 9.17) is 0 Å². The maximum absolute atomic E-state index is 13.6. The third kappa shape index (κ3) is 3.62. The summed E-state index contributed by atoms with van der Waals surface area (Å²) in [5.74, 6) is -0.241. The number of halogens is 1. The molecule has 0 atom stereocenters. The summed E-state index contributed by atoms with van der Waals surface area (Å²) < 4.78 is 19.9. The minimum atomic E-state index is -0.241. The van der Waals surface area contributed by atoms with Crippen LogP contribution in [0.4, 0.5) is 10.1 Å². The fourth-order valence-electron chi connectivity index (χ4n) is 3.75. The second-order valence-corrected chi connectivity index (χ2v) is 10.6. The summed E-state index contributed by atoms with van der Waals surface area (Å²) in [4.78, 5) is 16.4. The zero-order valence-corrected chi connectivity index (χ0v) is 20.3. The average molecular weight is 483 g/mol. The lowest BCUT2D eigenvalue weighted by atomic mass is 10.3. The summed E-state index contributed by atoms with van der Waals surface area (Å²) >= 11 is 4.71. The molecule has 3 heterocycles. The highest BCUT2D eigenvalue weighted by Gasteiger charge is 2.20. The van der Waals surface area contributed by atoms with Gasteiger partial charge in [-0.1, -0.05) is 35.2 Å². The standard InChI is InChI=1S/C24H21FN3OS3/c1-4-28-23(14-22-27(3)17-10-9-15(25)13-20(17)32-22)31-19(24(28)29)11-12-21-26(2)16-7-5-6-8-18(16)30-21/h5-14H,4H2,1-3H3/q+1/b19-11-,21-12-. The summed E-state index contributed by atoms with van der Waals surface area (Å²) in [6.07, 6.45) is 5.96. The molecule has 8 heteroatoms. The molecule has 0 aliphatic carbocycles. The van der Waals surface area contributed by atoms with Crippen LogP contribution in [0, 0.1) is 5.82 Å². The number of nitrogens with zero attached hydrogens (tertiary/aromatic N) is 3. The molecule has 4 nitrogen and oxygen atoms in total.